The van der Waals surface area contributed by atoms with Crippen LogP contribution in [0.25, 0.3) is 0 Å². The van der Waals surface area contributed by atoms with E-state index in [1.165, 1.54) is 11.8 Å². The molecule has 0 aliphatic rings. The smallest absolute Gasteiger partial charge is 0.313 e. The number of thioether (sulfide) groups is 1. The van der Waals surface area contributed by atoms with E-state index in [2.05, 4.69) is 18.8 Å². The predicted octanol–water partition coefficient (Wildman–Crippen LogP) is 1.72. The zero-order chi connectivity index (χ0) is 10.7. The zero-order valence-corrected chi connectivity index (χ0v) is 9.34. The van der Waals surface area contributed by atoms with Crippen LogP contribution in [0.4, 0.5) is 0 Å². The number of hydrogen-bond donors (Lipinski definition) is 1. The Kier molecular flexibility index (Phi) is 3.57. The van der Waals surface area contributed by atoms with Crippen LogP contribution in [0.5, 0.6) is 0 Å². The van der Waals surface area contributed by atoms with Gasteiger partial charge in [0.2, 0.25) is 0 Å². The standard InChI is InChI=1S/C9H14N2O2S/c1-6(2)7-4-10-9(11(7)3)14-5-8(12)13/h4,6H,5H2,1-3H3,(H,12,13). The van der Waals surface area contributed by atoms with Gasteiger partial charge in [-0.1, -0.05) is 25.6 Å². The van der Waals surface area contributed by atoms with E-state index < -0.39 is 5.97 Å². The van der Waals surface area contributed by atoms with Crippen molar-refractivity contribution in [1.82, 2.24) is 9.55 Å². The Labute approximate surface area is 87.3 Å². The highest BCUT2D eigenvalue weighted by Gasteiger charge is 2.10. The third-order valence-electron chi connectivity index (χ3n) is 1.90. The summed E-state index contributed by atoms with van der Waals surface area (Å²) < 4.78 is 1.94. The summed E-state index contributed by atoms with van der Waals surface area (Å²) in [5.41, 5.74) is 1.12. The highest BCUT2D eigenvalue weighted by molar-refractivity contribution is 7.99. The highest BCUT2D eigenvalue weighted by Crippen LogP contribution is 2.21. The Morgan fingerprint density at radius 2 is 2.36 bits per heavy atom. The lowest BCUT2D eigenvalue weighted by Gasteiger charge is -2.06. The summed E-state index contributed by atoms with van der Waals surface area (Å²) in [6.07, 6.45) is 1.80. The van der Waals surface area contributed by atoms with E-state index in [0.29, 0.717) is 5.92 Å². The molecule has 0 bridgehead atoms. The summed E-state index contributed by atoms with van der Waals surface area (Å²) >= 11 is 1.25. The van der Waals surface area contributed by atoms with Gasteiger partial charge in [-0.25, -0.2) is 4.98 Å². The number of aliphatic carboxylic acids is 1. The second kappa shape index (κ2) is 4.50. The average Bonchev–Trinajstić information content (AvgIpc) is 2.43. The van der Waals surface area contributed by atoms with E-state index in [0.717, 1.165) is 10.9 Å². The van der Waals surface area contributed by atoms with E-state index in [9.17, 15) is 4.79 Å². The summed E-state index contributed by atoms with van der Waals surface area (Å²) in [4.78, 5) is 14.5. The van der Waals surface area contributed by atoms with Crippen molar-refractivity contribution in [3.05, 3.63) is 11.9 Å². The second-order valence-corrected chi connectivity index (χ2v) is 4.30. The molecule has 1 rings (SSSR count). The Morgan fingerprint density at radius 1 is 1.71 bits per heavy atom. The van der Waals surface area contributed by atoms with Gasteiger partial charge in [-0.15, -0.1) is 0 Å². The summed E-state index contributed by atoms with van der Waals surface area (Å²) in [6.45, 7) is 4.17. The summed E-state index contributed by atoms with van der Waals surface area (Å²) in [5.74, 6) is -0.349. The van der Waals surface area contributed by atoms with Gasteiger partial charge >= 0.3 is 5.97 Å². The van der Waals surface area contributed by atoms with Crippen LogP contribution in [0, 0.1) is 0 Å². The number of aromatic nitrogens is 2. The minimum Gasteiger partial charge on any atom is -0.481 e. The van der Waals surface area contributed by atoms with Gasteiger partial charge in [0.15, 0.2) is 5.16 Å². The number of hydrogen-bond acceptors (Lipinski definition) is 3. The number of nitrogens with zero attached hydrogens (tertiary/aromatic N) is 2. The molecule has 0 aliphatic carbocycles. The first-order chi connectivity index (χ1) is 6.52. The van der Waals surface area contributed by atoms with Crippen LogP contribution in [-0.2, 0) is 11.8 Å². The van der Waals surface area contributed by atoms with Crippen molar-refractivity contribution >= 4 is 17.7 Å². The molecule has 4 nitrogen and oxygen atoms in total. The average molecular weight is 214 g/mol. The normalized spacial score (nSPS) is 10.9. The molecule has 14 heavy (non-hydrogen) atoms. The molecule has 0 saturated carbocycles. The molecular formula is C9H14N2O2S. The fourth-order valence-corrected chi connectivity index (χ4v) is 1.88. The lowest BCUT2D eigenvalue weighted by atomic mass is 10.1. The SMILES string of the molecule is CC(C)c1cnc(SCC(=O)O)n1C. The van der Waals surface area contributed by atoms with Crippen LogP contribution in [0.2, 0.25) is 0 Å². The van der Waals surface area contributed by atoms with Gasteiger partial charge < -0.3 is 9.67 Å². The van der Waals surface area contributed by atoms with Crippen LogP contribution >= 0.6 is 11.8 Å². The molecule has 1 heterocycles. The van der Waals surface area contributed by atoms with Crippen molar-refractivity contribution in [2.24, 2.45) is 7.05 Å². The van der Waals surface area contributed by atoms with Crippen LogP contribution in [0.3, 0.4) is 0 Å². The van der Waals surface area contributed by atoms with Crippen LogP contribution in [0.1, 0.15) is 25.5 Å². The highest BCUT2D eigenvalue weighted by atomic mass is 32.2. The number of imidazole rings is 1. The summed E-state index contributed by atoms with van der Waals surface area (Å²) in [7, 11) is 1.91. The van der Waals surface area contributed by atoms with Crippen molar-refractivity contribution in [1.29, 1.82) is 0 Å². The van der Waals surface area contributed by atoms with Crippen molar-refractivity contribution in [2.75, 3.05) is 5.75 Å². The minimum absolute atomic E-state index is 0.0579. The summed E-state index contributed by atoms with van der Waals surface area (Å²) in [5, 5.41) is 9.28. The third kappa shape index (κ3) is 2.51. The molecule has 0 aromatic carbocycles. The molecule has 0 spiro atoms. The maximum atomic E-state index is 10.4. The fraction of sp³-hybridized carbons (Fsp3) is 0.556. The number of rotatable bonds is 4. The van der Waals surface area contributed by atoms with E-state index in [1.807, 2.05) is 11.6 Å². The van der Waals surface area contributed by atoms with Crippen LogP contribution < -0.4 is 0 Å². The molecule has 5 heteroatoms. The topological polar surface area (TPSA) is 55.1 Å². The molecule has 0 radical (unpaired) electrons. The molecule has 0 amide bonds. The number of carboxylic acids is 1. The van der Waals surface area contributed by atoms with Crippen molar-refractivity contribution in [3.63, 3.8) is 0 Å². The molecule has 0 aliphatic heterocycles. The minimum atomic E-state index is -0.816. The molecule has 0 unspecified atom stereocenters. The van der Waals surface area contributed by atoms with Gasteiger partial charge in [0.25, 0.3) is 0 Å². The van der Waals surface area contributed by atoms with Crippen molar-refractivity contribution < 1.29 is 9.90 Å². The van der Waals surface area contributed by atoms with Crippen LogP contribution in [0.15, 0.2) is 11.4 Å². The molecule has 0 fully saturated rings. The van der Waals surface area contributed by atoms with Gasteiger partial charge in [0.1, 0.15) is 0 Å². The third-order valence-corrected chi connectivity index (χ3v) is 2.93. The lowest BCUT2D eigenvalue weighted by molar-refractivity contribution is -0.133. The van der Waals surface area contributed by atoms with E-state index in [1.54, 1.807) is 6.20 Å². The van der Waals surface area contributed by atoms with Gasteiger partial charge in [-0.05, 0) is 5.92 Å². The molecule has 0 saturated heterocycles. The van der Waals surface area contributed by atoms with Crippen molar-refractivity contribution in [2.45, 2.75) is 24.9 Å². The first kappa shape index (κ1) is 11.1. The second-order valence-electron chi connectivity index (χ2n) is 3.36. The van der Waals surface area contributed by atoms with E-state index in [4.69, 9.17) is 5.11 Å². The Hall–Kier alpha value is -0.970. The monoisotopic (exact) mass is 214 g/mol. The van der Waals surface area contributed by atoms with Gasteiger partial charge in [-0.3, -0.25) is 4.79 Å². The first-order valence-corrected chi connectivity index (χ1v) is 5.37. The molecular weight excluding hydrogens is 200 g/mol. The quantitative estimate of drug-likeness (QED) is 0.775. The first-order valence-electron chi connectivity index (χ1n) is 4.38. The summed E-state index contributed by atoms with van der Waals surface area (Å²) in [6, 6.07) is 0. The number of carboxylic acid groups (broad SMARTS) is 1. The fourth-order valence-electron chi connectivity index (χ4n) is 1.20. The molecule has 78 valence electrons. The van der Waals surface area contributed by atoms with Crippen molar-refractivity contribution in [3.8, 4) is 0 Å². The Bertz CT molecular complexity index is 334. The molecule has 0 atom stereocenters. The van der Waals surface area contributed by atoms with Gasteiger partial charge in [0.05, 0.1) is 5.75 Å². The predicted molar refractivity (Wildman–Crippen MR) is 55.7 cm³/mol. The number of carbonyl (C=O) groups is 1. The van der Waals surface area contributed by atoms with E-state index in [-0.39, 0.29) is 5.75 Å². The molecule has 1 N–H and O–H groups in total. The maximum absolute atomic E-state index is 10.4. The molecule has 1 aromatic rings. The lowest BCUT2D eigenvalue weighted by Crippen LogP contribution is -2.02. The van der Waals surface area contributed by atoms with E-state index >= 15 is 0 Å². The zero-order valence-electron chi connectivity index (χ0n) is 8.52. The molecule has 1 aromatic heterocycles. The maximum Gasteiger partial charge on any atom is 0.313 e. The van der Waals surface area contributed by atoms with Gasteiger partial charge in [0, 0.05) is 18.9 Å². The van der Waals surface area contributed by atoms with Crippen LogP contribution in [-0.4, -0.2) is 26.4 Å². The largest absolute Gasteiger partial charge is 0.481 e. The Morgan fingerprint density at radius 3 is 2.79 bits per heavy atom. The van der Waals surface area contributed by atoms with Gasteiger partial charge in [-0.2, -0.15) is 0 Å². The Balaban J connectivity index is 2.74.